The summed E-state index contributed by atoms with van der Waals surface area (Å²) in [5.74, 6) is 0.600. The van der Waals surface area contributed by atoms with Crippen LogP contribution in [0.15, 0.2) is 30.3 Å². The third kappa shape index (κ3) is 6.04. The van der Waals surface area contributed by atoms with Crippen molar-refractivity contribution in [1.82, 2.24) is 14.7 Å². The zero-order chi connectivity index (χ0) is 22.3. The Hall–Kier alpha value is -2.45. The van der Waals surface area contributed by atoms with Crippen molar-refractivity contribution >= 4 is 18.3 Å². The number of benzene rings is 1. The van der Waals surface area contributed by atoms with Gasteiger partial charge in [0, 0.05) is 26.2 Å². The Balaban J connectivity index is 0.000000858. The average molecular weight is 432 g/mol. The van der Waals surface area contributed by atoms with Gasteiger partial charge in [0.05, 0.1) is 31.1 Å². The van der Waals surface area contributed by atoms with Crippen molar-refractivity contribution in [1.29, 1.82) is 0 Å². The largest absolute Gasteiger partial charge is 0.483 e. The van der Waals surface area contributed by atoms with Crippen LogP contribution in [-0.2, 0) is 25.7 Å². The second kappa shape index (κ2) is 10.7. The highest BCUT2D eigenvalue weighted by molar-refractivity contribution is 5.79. The van der Waals surface area contributed by atoms with Crippen LogP contribution >= 0.6 is 0 Å². The van der Waals surface area contributed by atoms with Crippen molar-refractivity contribution in [3.63, 3.8) is 0 Å². The van der Waals surface area contributed by atoms with Gasteiger partial charge in [0.25, 0.3) is 6.47 Å². The fourth-order valence-electron chi connectivity index (χ4n) is 4.77. The van der Waals surface area contributed by atoms with Crippen molar-refractivity contribution < 1.29 is 24.2 Å². The Labute approximate surface area is 183 Å². The van der Waals surface area contributed by atoms with Gasteiger partial charge in [-0.25, -0.2) is 0 Å². The number of carboxylic acid groups (broad SMARTS) is 1. The van der Waals surface area contributed by atoms with E-state index >= 15 is 0 Å². The van der Waals surface area contributed by atoms with E-state index in [0.29, 0.717) is 32.0 Å². The van der Waals surface area contributed by atoms with Crippen molar-refractivity contribution in [2.24, 2.45) is 5.92 Å². The molecule has 1 spiro atoms. The molecule has 1 atom stereocenters. The molecule has 2 amide bonds. The van der Waals surface area contributed by atoms with Gasteiger partial charge in [0.1, 0.15) is 0 Å². The summed E-state index contributed by atoms with van der Waals surface area (Å²) in [7, 11) is 2.08. The lowest BCUT2D eigenvalue weighted by molar-refractivity contribution is -0.143. The molecule has 0 bridgehead atoms. The molecule has 1 aromatic rings. The Morgan fingerprint density at radius 3 is 2.52 bits per heavy atom. The highest BCUT2D eigenvalue weighted by Gasteiger charge is 2.42. The molecule has 3 aliphatic heterocycles. The highest BCUT2D eigenvalue weighted by Crippen LogP contribution is 2.32. The fraction of sp³-hybridized carbons (Fsp3) is 0.609. The molecule has 8 heteroatoms. The van der Waals surface area contributed by atoms with Crippen LogP contribution in [-0.4, -0.2) is 90.1 Å². The summed E-state index contributed by atoms with van der Waals surface area (Å²) < 4.78 is 6.23. The monoisotopic (exact) mass is 431 g/mol. The highest BCUT2D eigenvalue weighted by atomic mass is 16.5. The third-order valence-corrected chi connectivity index (χ3v) is 6.50. The predicted molar refractivity (Wildman–Crippen MR) is 115 cm³/mol. The standard InChI is InChI=1S/C22H31N3O3.CH2O2/c1-23-11-7-19(16-23)21(27)24-12-9-22(10-13-24)17-25(20(26)8-14-28-22)15-18-5-3-2-4-6-18;2-1-3/h2-6,19H,7-17H2,1H3;1H,(H,2,3). The number of hydrogen-bond acceptors (Lipinski definition) is 5. The molecule has 31 heavy (non-hydrogen) atoms. The van der Waals surface area contributed by atoms with Crippen molar-refractivity contribution in [2.45, 2.75) is 37.8 Å². The molecule has 1 unspecified atom stereocenters. The fourth-order valence-corrected chi connectivity index (χ4v) is 4.77. The van der Waals surface area contributed by atoms with E-state index in [9.17, 15) is 9.59 Å². The first kappa shape index (κ1) is 23.2. The molecule has 3 saturated heterocycles. The molecule has 0 aromatic heterocycles. The smallest absolute Gasteiger partial charge is 0.290 e. The average Bonchev–Trinajstić information content (AvgIpc) is 3.15. The molecule has 8 nitrogen and oxygen atoms in total. The minimum Gasteiger partial charge on any atom is -0.483 e. The second-order valence-electron chi connectivity index (χ2n) is 8.70. The Morgan fingerprint density at radius 1 is 1.23 bits per heavy atom. The van der Waals surface area contributed by atoms with Crippen LogP contribution in [0.4, 0.5) is 0 Å². The Morgan fingerprint density at radius 2 is 1.90 bits per heavy atom. The molecule has 3 heterocycles. The van der Waals surface area contributed by atoms with Crippen molar-refractivity contribution in [2.75, 3.05) is 46.4 Å². The van der Waals surface area contributed by atoms with Gasteiger partial charge in [-0.15, -0.1) is 0 Å². The van der Waals surface area contributed by atoms with E-state index in [0.717, 1.165) is 51.0 Å². The molecule has 0 radical (unpaired) electrons. The molecular weight excluding hydrogens is 398 g/mol. The van der Waals surface area contributed by atoms with E-state index in [2.05, 4.69) is 24.1 Å². The first-order valence-corrected chi connectivity index (χ1v) is 11.0. The van der Waals surface area contributed by atoms with Crippen molar-refractivity contribution in [3.05, 3.63) is 35.9 Å². The first-order chi connectivity index (χ1) is 15.0. The lowest BCUT2D eigenvalue weighted by Crippen LogP contribution is -2.53. The number of ether oxygens (including phenoxy) is 1. The summed E-state index contributed by atoms with van der Waals surface area (Å²) in [6.07, 6.45) is 3.01. The van der Waals surface area contributed by atoms with Gasteiger partial charge in [-0.3, -0.25) is 14.4 Å². The molecule has 170 valence electrons. The molecule has 4 rings (SSSR count). The zero-order valence-electron chi connectivity index (χ0n) is 18.2. The third-order valence-electron chi connectivity index (χ3n) is 6.50. The maximum Gasteiger partial charge on any atom is 0.290 e. The minimum absolute atomic E-state index is 0.144. The van der Waals surface area contributed by atoms with E-state index in [4.69, 9.17) is 14.6 Å². The van der Waals surface area contributed by atoms with Crippen LogP contribution in [0.1, 0.15) is 31.2 Å². The molecule has 0 aliphatic carbocycles. The van der Waals surface area contributed by atoms with E-state index < -0.39 is 0 Å². The van der Waals surface area contributed by atoms with Gasteiger partial charge in [-0.2, -0.15) is 0 Å². The number of hydrogen-bond donors (Lipinski definition) is 1. The summed E-state index contributed by atoms with van der Waals surface area (Å²) in [5.41, 5.74) is 0.829. The quantitative estimate of drug-likeness (QED) is 0.729. The van der Waals surface area contributed by atoms with E-state index in [-0.39, 0.29) is 23.9 Å². The summed E-state index contributed by atoms with van der Waals surface area (Å²) in [4.78, 5) is 40.0. The number of piperidine rings is 1. The second-order valence-corrected chi connectivity index (χ2v) is 8.70. The molecule has 0 saturated carbocycles. The van der Waals surface area contributed by atoms with Gasteiger partial charge in [0.15, 0.2) is 0 Å². The van der Waals surface area contributed by atoms with E-state index in [1.807, 2.05) is 28.0 Å². The normalized spacial score (nSPS) is 23.8. The lowest BCUT2D eigenvalue weighted by atomic mass is 9.89. The summed E-state index contributed by atoms with van der Waals surface area (Å²) in [6.45, 7) is 4.81. The van der Waals surface area contributed by atoms with Gasteiger partial charge in [0.2, 0.25) is 11.8 Å². The van der Waals surface area contributed by atoms with Crippen LogP contribution < -0.4 is 0 Å². The number of rotatable bonds is 3. The molecule has 1 N–H and O–H groups in total. The number of carbonyl (C=O) groups is 3. The summed E-state index contributed by atoms with van der Waals surface area (Å²) in [6, 6.07) is 10.1. The van der Waals surface area contributed by atoms with Crippen LogP contribution in [0.3, 0.4) is 0 Å². The van der Waals surface area contributed by atoms with E-state index in [1.54, 1.807) is 0 Å². The maximum absolute atomic E-state index is 12.8. The number of likely N-dealkylation sites (tertiary alicyclic amines) is 2. The molecule has 3 aliphatic rings. The first-order valence-electron chi connectivity index (χ1n) is 11.0. The van der Waals surface area contributed by atoms with Gasteiger partial charge < -0.3 is 24.5 Å². The SMILES string of the molecule is CN1CCC(C(=O)N2CCC3(CC2)CN(Cc2ccccc2)C(=O)CCO3)C1.O=CO. The van der Waals surface area contributed by atoms with Gasteiger partial charge >= 0.3 is 0 Å². The molecule has 1 aromatic carbocycles. The summed E-state index contributed by atoms with van der Waals surface area (Å²) in [5, 5.41) is 6.89. The molecule has 3 fully saturated rings. The Bertz CT molecular complexity index is 749. The number of nitrogens with zero attached hydrogens (tertiary/aromatic N) is 3. The number of amides is 2. The van der Waals surface area contributed by atoms with Crippen LogP contribution in [0, 0.1) is 5.92 Å². The zero-order valence-corrected chi connectivity index (χ0v) is 18.2. The Kier molecular flexibility index (Phi) is 8.03. The van der Waals surface area contributed by atoms with E-state index in [1.165, 1.54) is 0 Å². The van der Waals surface area contributed by atoms with Crippen molar-refractivity contribution in [3.8, 4) is 0 Å². The number of carbonyl (C=O) groups excluding carboxylic acids is 2. The minimum atomic E-state index is -0.315. The topological polar surface area (TPSA) is 90.4 Å². The molecular formula is C23H33N3O5. The van der Waals surface area contributed by atoms with Crippen LogP contribution in [0.2, 0.25) is 0 Å². The predicted octanol–water partition coefficient (Wildman–Crippen LogP) is 1.45. The van der Waals surface area contributed by atoms with Crippen LogP contribution in [0.5, 0.6) is 0 Å². The van der Waals surface area contributed by atoms with Crippen LogP contribution in [0.25, 0.3) is 0 Å². The van der Waals surface area contributed by atoms with Gasteiger partial charge in [-0.1, -0.05) is 30.3 Å². The summed E-state index contributed by atoms with van der Waals surface area (Å²) >= 11 is 0. The lowest BCUT2D eigenvalue weighted by Gasteiger charge is -2.43. The van der Waals surface area contributed by atoms with Gasteiger partial charge in [-0.05, 0) is 38.4 Å². The maximum atomic E-state index is 12.8.